The number of nitrogens with one attached hydrogen (secondary N) is 1. The van der Waals surface area contributed by atoms with Crippen LogP contribution in [0.4, 0.5) is 0 Å². The maximum absolute atomic E-state index is 12.1. The minimum Gasteiger partial charge on any atom is -0.496 e. The third kappa shape index (κ3) is 4.97. The van der Waals surface area contributed by atoms with E-state index in [-0.39, 0.29) is 13.1 Å². The number of nitrogens with zero attached hydrogens (tertiary/aromatic N) is 1. The molecule has 0 aliphatic carbocycles. The first-order chi connectivity index (χ1) is 15.0. The molecule has 1 amide bonds. The van der Waals surface area contributed by atoms with Crippen LogP contribution in [0, 0.1) is 0 Å². The Morgan fingerprint density at radius 2 is 1.68 bits per heavy atom. The van der Waals surface area contributed by atoms with Crippen LogP contribution >= 0.6 is 0 Å². The molecule has 0 fully saturated rings. The largest absolute Gasteiger partial charge is 0.496 e. The average Bonchev–Trinajstić information content (AvgIpc) is 3.10. The second-order valence-electron chi connectivity index (χ2n) is 6.38. The lowest BCUT2D eigenvalue weighted by atomic mass is 10.1. The number of carbonyl (C=O) groups excluding carboxylic acids is 2. The zero-order valence-electron chi connectivity index (χ0n) is 17.3. The summed E-state index contributed by atoms with van der Waals surface area (Å²) in [6.07, 6.45) is 0. The van der Waals surface area contributed by atoms with E-state index >= 15 is 0 Å². The van der Waals surface area contributed by atoms with Gasteiger partial charge in [-0.1, -0.05) is 12.1 Å². The van der Waals surface area contributed by atoms with Crippen LogP contribution in [0.5, 0.6) is 17.2 Å². The molecule has 31 heavy (non-hydrogen) atoms. The number of para-hydroxylation sites is 2. The van der Waals surface area contributed by atoms with E-state index in [2.05, 4.69) is 5.32 Å². The van der Waals surface area contributed by atoms with Crippen molar-refractivity contribution in [2.75, 3.05) is 27.9 Å². The molecular weight excluding hydrogens is 408 g/mol. The number of methoxy groups -OCH3 is 3. The van der Waals surface area contributed by atoms with Gasteiger partial charge in [-0.2, -0.15) is 0 Å². The Morgan fingerprint density at radius 3 is 2.39 bits per heavy atom. The van der Waals surface area contributed by atoms with Crippen LogP contribution in [0.2, 0.25) is 0 Å². The van der Waals surface area contributed by atoms with Gasteiger partial charge in [-0.3, -0.25) is 14.2 Å². The van der Waals surface area contributed by atoms with E-state index in [1.54, 1.807) is 36.4 Å². The predicted molar refractivity (Wildman–Crippen MR) is 109 cm³/mol. The molecule has 164 valence electrons. The van der Waals surface area contributed by atoms with Crippen molar-refractivity contribution in [3.63, 3.8) is 0 Å². The molecule has 0 bridgehead atoms. The molecule has 0 saturated heterocycles. The van der Waals surface area contributed by atoms with Crippen molar-refractivity contribution < 1.29 is 33.0 Å². The van der Waals surface area contributed by atoms with Gasteiger partial charge in [0.05, 0.1) is 26.8 Å². The number of esters is 1. The van der Waals surface area contributed by atoms with Gasteiger partial charge in [0.2, 0.25) is 0 Å². The second kappa shape index (κ2) is 9.70. The smallest absolute Gasteiger partial charge is 0.420 e. The number of carbonyl (C=O) groups is 2. The van der Waals surface area contributed by atoms with Crippen molar-refractivity contribution in [3.8, 4) is 17.2 Å². The summed E-state index contributed by atoms with van der Waals surface area (Å²) in [6, 6.07) is 10.0. The lowest BCUT2D eigenvalue weighted by molar-refractivity contribution is -0.149. The van der Waals surface area contributed by atoms with Gasteiger partial charge in [0.1, 0.15) is 12.3 Å². The highest BCUT2D eigenvalue weighted by Gasteiger charge is 2.16. The first-order valence-corrected chi connectivity index (χ1v) is 9.26. The molecule has 1 aromatic heterocycles. The number of hydrogen-bond donors (Lipinski definition) is 1. The van der Waals surface area contributed by atoms with E-state index < -0.39 is 24.2 Å². The van der Waals surface area contributed by atoms with Crippen LogP contribution in [0.1, 0.15) is 5.56 Å². The molecule has 0 radical (unpaired) electrons. The maximum atomic E-state index is 12.1. The zero-order valence-corrected chi connectivity index (χ0v) is 17.3. The van der Waals surface area contributed by atoms with E-state index in [4.69, 9.17) is 23.4 Å². The Labute approximate surface area is 177 Å². The Morgan fingerprint density at radius 1 is 1.00 bits per heavy atom. The number of hydrogen-bond acceptors (Lipinski definition) is 8. The molecule has 3 rings (SSSR count). The number of amides is 1. The first kappa shape index (κ1) is 21.8. The number of fused-ring (bicyclic) bond motifs is 1. The minimum absolute atomic E-state index is 0.117. The minimum atomic E-state index is -0.743. The third-order valence-corrected chi connectivity index (χ3v) is 4.49. The maximum Gasteiger partial charge on any atom is 0.420 e. The summed E-state index contributed by atoms with van der Waals surface area (Å²) in [6.45, 7) is -0.753. The van der Waals surface area contributed by atoms with Crippen LogP contribution in [0.25, 0.3) is 11.1 Å². The summed E-state index contributed by atoms with van der Waals surface area (Å²) >= 11 is 0. The molecular formula is C21H22N2O8. The fraction of sp³-hybridized carbons (Fsp3) is 0.286. The molecule has 3 aromatic rings. The SMILES string of the molecule is COc1cc(OC)c(OC)cc1CNC(=O)COC(=O)Cn1c(=O)oc2ccccc21. The fourth-order valence-corrected chi connectivity index (χ4v) is 2.96. The molecule has 0 atom stereocenters. The number of aromatic nitrogens is 1. The van der Waals surface area contributed by atoms with Crippen molar-refractivity contribution in [1.29, 1.82) is 0 Å². The third-order valence-electron chi connectivity index (χ3n) is 4.49. The van der Waals surface area contributed by atoms with E-state index in [9.17, 15) is 14.4 Å². The average molecular weight is 430 g/mol. The van der Waals surface area contributed by atoms with Gasteiger partial charge >= 0.3 is 11.7 Å². The molecule has 0 unspecified atom stereocenters. The molecule has 0 saturated carbocycles. The number of rotatable bonds is 9. The summed E-state index contributed by atoms with van der Waals surface area (Å²) in [5.41, 5.74) is 1.48. The summed E-state index contributed by atoms with van der Waals surface area (Å²) in [5, 5.41) is 2.64. The molecule has 0 aliphatic rings. The summed E-state index contributed by atoms with van der Waals surface area (Å²) in [7, 11) is 4.50. The molecule has 2 aromatic carbocycles. The number of oxazole rings is 1. The standard InChI is InChI=1S/C21H22N2O8/c1-27-16-9-18(29-3)17(28-2)8-13(16)10-22-19(24)12-30-20(25)11-23-14-6-4-5-7-15(14)31-21(23)26/h4-9H,10-12H2,1-3H3,(H,22,24). The van der Waals surface area contributed by atoms with Gasteiger partial charge in [0, 0.05) is 18.2 Å². The Hall–Kier alpha value is -3.95. The lowest BCUT2D eigenvalue weighted by Crippen LogP contribution is -2.30. The van der Waals surface area contributed by atoms with Crippen molar-refractivity contribution in [2.24, 2.45) is 0 Å². The highest BCUT2D eigenvalue weighted by molar-refractivity contribution is 5.81. The van der Waals surface area contributed by atoms with E-state index in [1.807, 2.05) is 0 Å². The monoisotopic (exact) mass is 430 g/mol. The van der Waals surface area contributed by atoms with Crippen LogP contribution in [-0.2, 0) is 27.4 Å². The van der Waals surface area contributed by atoms with E-state index in [0.29, 0.717) is 33.9 Å². The summed E-state index contributed by atoms with van der Waals surface area (Å²) < 4.78 is 27.0. The fourth-order valence-electron chi connectivity index (χ4n) is 2.96. The molecule has 1 heterocycles. The quantitative estimate of drug-likeness (QED) is 0.507. The molecule has 1 N–H and O–H groups in total. The highest BCUT2D eigenvalue weighted by Crippen LogP contribution is 2.34. The van der Waals surface area contributed by atoms with Gasteiger partial charge in [-0.05, 0) is 18.2 Å². The van der Waals surface area contributed by atoms with E-state index in [0.717, 1.165) is 4.57 Å². The Kier molecular flexibility index (Phi) is 6.81. The molecule has 0 aliphatic heterocycles. The van der Waals surface area contributed by atoms with Crippen molar-refractivity contribution in [1.82, 2.24) is 9.88 Å². The number of benzene rings is 2. The first-order valence-electron chi connectivity index (χ1n) is 9.26. The van der Waals surface area contributed by atoms with E-state index in [1.165, 1.54) is 21.3 Å². The normalized spacial score (nSPS) is 10.5. The highest BCUT2D eigenvalue weighted by atomic mass is 16.5. The summed E-state index contributed by atoms with van der Waals surface area (Å²) in [4.78, 5) is 36.1. The molecule has 0 spiro atoms. The zero-order chi connectivity index (χ0) is 22.4. The van der Waals surface area contributed by atoms with Crippen LogP contribution < -0.4 is 25.3 Å². The van der Waals surface area contributed by atoms with Crippen molar-refractivity contribution in [2.45, 2.75) is 13.1 Å². The topological polar surface area (TPSA) is 118 Å². The van der Waals surface area contributed by atoms with Crippen LogP contribution in [-0.4, -0.2) is 44.4 Å². The van der Waals surface area contributed by atoms with Gasteiger partial charge in [0.25, 0.3) is 5.91 Å². The molecule has 10 heteroatoms. The molecule has 10 nitrogen and oxygen atoms in total. The second-order valence-corrected chi connectivity index (χ2v) is 6.38. The summed E-state index contributed by atoms with van der Waals surface area (Å²) in [5.74, 6) is -0.464. The lowest BCUT2D eigenvalue weighted by Gasteiger charge is -2.14. The van der Waals surface area contributed by atoms with Gasteiger partial charge in [-0.15, -0.1) is 0 Å². The van der Waals surface area contributed by atoms with Gasteiger partial charge < -0.3 is 28.7 Å². The Balaban J connectivity index is 1.56. The van der Waals surface area contributed by atoms with Crippen molar-refractivity contribution in [3.05, 3.63) is 52.5 Å². The van der Waals surface area contributed by atoms with Crippen LogP contribution in [0.15, 0.2) is 45.6 Å². The van der Waals surface area contributed by atoms with Gasteiger partial charge in [-0.25, -0.2) is 4.79 Å². The predicted octanol–water partition coefficient (Wildman–Crippen LogP) is 1.48. The van der Waals surface area contributed by atoms with Gasteiger partial charge in [0.15, 0.2) is 23.7 Å². The van der Waals surface area contributed by atoms with Crippen molar-refractivity contribution >= 4 is 23.0 Å². The number of ether oxygens (including phenoxy) is 4. The Bertz CT molecular complexity index is 1150. The van der Waals surface area contributed by atoms with Crippen LogP contribution in [0.3, 0.4) is 0 Å².